The van der Waals surface area contributed by atoms with Gasteiger partial charge in [0.05, 0.1) is 0 Å². The number of halogens is 1. The van der Waals surface area contributed by atoms with Crippen molar-refractivity contribution in [3.63, 3.8) is 0 Å². The molecule has 1 N–H and O–H groups in total. The Bertz CT molecular complexity index is 467. The van der Waals surface area contributed by atoms with Gasteiger partial charge in [-0.25, -0.2) is 0 Å². The van der Waals surface area contributed by atoms with Crippen molar-refractivity contribution in [2.45, 2.75) is 0 Å². The fourth-order valence-electron chi connectivity index (χ4n) is 1.11. The Kier molecular flexibility index (Phi) is 2.69. The number of hydrogen-bond donors (Lipinski definition) is 1. The van der Waals surface area contributed by atoms with Crippen LogP contribution in [-0.4, -0.2) is 15.6 Å². The number of rotatable bonds is 2. The molecular weight excluding hydrogens is 214 g/mol. The average molecular weight is 222 g/mol. The molecule has 0 unspecified atom stereocenters. The highest BCUT2D eigenvalue weighted by Gasteiger charge is 2.06. The lowest BCUT2D eigenvalue weighted by Crippen LogP contribution is -2.22. The zero-order valence-corrected chi connectivity index (χ0v) is 8.48. The third-order valence-electron chi connectivity index (χ3n) is 1.79. The van der Waals surface area contributed by atoms with E-state index in [1.54, 1.807) is 23.1 Å². The molecule has 0 saturated carbocycles. The Morgan fingerprint density at radius 2 is 2.13 bits per heavy atom. The molecule has 15 heavy (non-hydrogen) atoms. The van der Waals surface area contributed by atoms with E-state index in [2.05, 4.69) is 10.4 Å². The zero-order valence-electron chi connectivity index (χ0n) is 7.72. The largest absolute Gasteiger partial charge is 0.288 e. The SMILES string of the molecule is O=C(Nn1cccc1)c1cc(Cl)ccn1. The molecule has 2 aromatic heterocycles. The summed E-state index contributed by atoms with van der Waals surface area (Å²) in [5.41, 5.74) is 2.91. The van der Waals surface area contributed by atoms with Crippen LogP contribution in [0.15, 0.2) is 42.9 Å². The summed E-state index contributed by atoms with van der Waals surface area (Å²) in [6.45, 7) is 0. The van der Waals surface area contributed by atoms with E-state index >= 15 is 0 Å². The summed E-state index contributed by atoms with van der Waals surface area (Å²) in [6.07, 6.45) is 4.94. The highest BCUT2D eigenvalue weighted by molar-refractivity contribution is 6.30. The number of aromatic nitrogens is 2. The van der Waals surface area contributed by atoms with E-state index in [1.165, 1.54) is 12.3 Å². The van der Waals surface area contributed by atoms with Gasteiger partial charge in [0.15, 0.2) is 0 Å². The number of hydrogen-bond acceptors (Lipinski definition) is 2. The number of nitrogens with zero attached hydrogens (tertiary/aromatic N) is 2. The zero-order chi connectivity index (χ0) is 10.7. The standard InChI is InChI=1S/C10H8ClN3O/c11-8-3-4-12-9(7-8)10(15)13-14-5-1-2-6-14/h1-7H,(H,13,15). The smallest absolute Gasteiger partial charge is 0.268 e. The molecule has 2 aromatic rings. The maximum absolute atomic E-state index is 11.6. The summed E-state index contributed by atoms with van der Waals surface area (Å²) in [7, 11) is 0. The fourth-order valence-corrected chi connectivity index (χ4v) is 1.27. The van der Waals surface area contributed by atoms with Crippen molar-refractivity contribution in [2.75, 3.05) is 5.43 Å². The molecule has 2 rings (SSSR count). The van der Waals surface area contributed by atoms with Crippen LogP contribution < -0.4 is 5.43 Å². The number of carbonyl (C=O) groups excluding carboxylic acids is 1. The topological polar surface area (TPSA) is 46.9 Å². The molecule has 0 aliphatic heterocycles. The normalized spacial score (nSPS) is 9.93. The first kappa shape index (κ1) is 9.73. The van der Waals surface area contributed by atoms with E-state index in [0.29, 0.717) is 5.02 Å². The first-order valence-electron chi connectivity index (χ1n) is 4.31. The molecule has 4 nitrogen and oxygen atoms in total. The van der Waals surface area contributed by atoms with Gasteiger partial charge in [-0.15, -0.1) is 0 Å². The van der Waals surface area contributed by atoms with Crippen molar-refractivity contribution in [2.24, 2.45) is 0 Å². The monoisotopic (exact) mass is 221 g/mol. The highest BCUT2D eigenvalue weighted by atomic mass is 35.5. The summed E-state index contributed by atoms with van der Waals surface area (Å²) in [4.78, 5) is 15.5. The molecule has 0 spiro atoms. The minimum Gasteiger partial charge on any atom is -0.268 e. The summed E-state index contributed by atoms with van der Waals surface area (Å²) >= 11 is 5.74. The van der Waals surface area contributed by atoms with Crippen molar-refractivity contribution in [1.82, 2.24) is 9.66 Å². The van der Waals surface area contributed by atoms with Crippen LogP contribution in [0.2, 0.25) is 5.02 Å². The Morgan fingerprint density at radius 1 is 1.40 bits per heavy atom. The lowest BCUT2D eigenvalue weighted by molar-refractivity contribution is 0.100. The summed E-state index contributed by atoms with van der Waals surface area (Å²) in [5.74, 6) is -0.297. The molecule has 5 heteroatoms. The van der Waals surface area contributed by atoms with E-state index in [-0.39, 0.29) is 11.6 Å². The van der Waals surface area contributed by atoms with Crippen LogP contribution in [0.5, 0.6) is 0 Å². The van der Waals surface area contributed by atoms with Crippen LogP contribution in [0, 0.1) is 0 Å². The average Bonchev–Trinajstić information content (AvgIpc) is 2.70. The molecule has 2 heterocycles. The Labute approximate surface area is 91.5 Å². The first-order valence-corrected chi connectivity index (χ1v) is 4.69. The summed E-state index contributed by atoms with van der Waals surface area (Å²) in [6, 6.07) is 6.76. The van der Waals surface area contributed by atoms with Crippen LogP contribution in [0.25, 0.3) is 0 Å². The Hall–Kier alpha value is -1.81. The highest BCUT2D eigenvalue weighted by Crippen LogP contribution is 2.07. The molecule has 0 aliphatic rings. The maximum atomic E-state index is 11.6. The summed E-state index contributed by atoms with van der Waals surface area (Å²) in [5, 5.41) is 0.489. The Balaban J connectivity index is 2.15. The quantitative estimate of drug-likeness (QED) is 0.842. The van der Waals surface area contributed by atoms with Crippen molar-refractivity contribution in [3.05, 3.63) is 53.6 Å². The third kappa shape index (κ3) is 2.35. The van der Waals surface area contributed by atoms with Gasteiger partial charge in [0.2, 0.25) is 0 Å². The number of carbonyl (C=O) groups is 1. The second kappa shape index (κ2) is 4.14. The third-order valence-corrected chi connectivity index (χ3v) is 2.02. The molecule has 0 saturated heterocycles. The second-order valence-corrected chi connectivity index (χ2v) is 3.33. The predicted molar refractivity (Wildman–Crippen MR) is 57.4 cm³/mol. The minimum atomic E-state index is -0.297. The van der Waals surface area contributed by atoms with Crippen molar-refractivity contribution < 1.29 is 4.79 Å². The number of pyridine rings is 1. The Morgan fingerprint density at radius 3 is 2.80 bits per heavy atom. The van der Waals surface area contributed by atoms with Crippen LogP contribution in [-0.2, 0) is 0 Å². The van der Waals surface area contributed by atoms with Gasteiger partial charge in [-0.3, -0.25) is 19.9 Å². The molecule has 1 amide bonds. The number of nitrogens with one attached hydrogen (secondary N) is 1. The van der Waals surface area contributed by atoms with Crippen LogP contribution in [0.3, 0.4) is 0 Å². The van der Waals surface area contributed by atoms with Gasteiger partial charge in [0.25, 0.3) is 5.91 Å². The molecule has 0 fully saturated rings. The van der Waals surface area contributed by atoms with Gasteiger partial charge < -0.3 is 0 Å². The van der Waals surface area contributed by atoms with Gasteiger partial charge in [-0.05, 0) is 24.3 Å². The molecule has 0 aromatic carbocycles. The minimum absolute atomic E-state index is 0.288. The second-order valence-electron chi connectivity index (χ2n) is 2.89. The molecular formula is C10H8ClN3O. The van der Waals surface area contributed by atoms with Crippen molar-refractivity contribution >= 4 is 17.5 Å². The fraction of sp³-hybridized carbons (Fsp3) is 0. The lowest BCUT2D eigenvalue weighted by Gasteiger charge is -2.04. The van der Waals surface area contributed by atoms with Gasteiger partial charge in [-0.2, -0.15) is 0 Å². The molecule has 0 radical (unpaired) electrons. The van der Waals surface area contributed by atoms with Crippen LogP contribution in [0.1, 0.15) is 10.5 Å². The summed E-state index contributed by atoms with van der Waals surface area (Å²) < 4.78 is 1.55. The van der Waals surface area contributed by atoms with E-state index < -0.39 is 0 Å². The van der Waals surface area contributed by atoms with Gasteiger partial charge in [0, 0.05) is 23.6 Å². The molecule has 0 atom stereocenters. The van der Waals surface area contributed by atoms with Gasteiger partial charge >= 0.3 is 0 Å². The maximum Gasteiger partial charge on any atom is 0.288 e. The van der Waals surface area contributed by atoms with Crippen LogP contribution >= 0.6 is 11.6 Å². The van der Waals surface area contributed by atoms with E-state index in [0.717, 1.165) is 0 Å². The van der Waals surface area contributed by atoms with E-state index in [4.69, 9.17) is 11.6 Å². The molecule has 0 bridgehead atoms. The molecule has 0 aliphatic carbocycles. The number of amides is 1. The molecule has 76 valence electrons. The van der Waals surface area contributed by atoms with Crippen molar-refractivity contribution in [1.29, 1.82) is 0 Å². The first-order chi connectivity index (χ1) is 7.25. The van der Waals surface area contributed by atoms with Crippen molar-refractivity contribution in [3.8, 4) is 0 Å². The lowest BCUT2D eigenvalue weighted by atomic mass is 10.3. The van der Waals surface area contributed by atoms with E-state index in [9.17, 15) is 4.79 Å². The van der Waals surface area contributed by atoms with E-state index in [1.807, 2.05) is 12.1 Å². The van der Waals surface area contributed by atoms with Gasteiger partial charge in [0.1, 0.15) is 5.69 Å². The predicted octanol–water partition coefficient (Wildman–Crippen LogP) is 1.92. The van der Waals surface area contributed by atoms with Crippen LogP contribution in [0.4, 0.5) is 0 Å². The van der Waals surface area contributed by atoms with Gasteiger partial charge in [-0.1, -0.05) is 11.6 Å².